The van der Waals surface area contributed by atoms with Crippen LogP contribution in [0.25, 0.3) is 0 Å². The van der Waals surface area contributed by atoms with Gasteiger partial charge in [0.1, 0.15) is 5.69 Å². The molecule has 24 heavy (non-hydrogen) atoms. The highest BCUT2D eigenvalue weighted by Gasteiger charge is 2.20. The van der Waals surface area contributed by atoms with Gasteiger partial charge in [-0.05, 0) is 67.1 Å². The van der Waals surface area contributed by atoms with E-state index in [1.54, 1.807) is 26.0 Å². The normalized spacial score (nSPS) is 12.1. The second-order valence-electron chi connectivity index (χ2n) is 7.72. The molecule has 0 atom stereocenters. The Balaban J connectivity index is 2.28. The first kappa shape index (κ1) is 18.1. The molecule has 0 bridgehead atoms. The summed E-state index contributed by atoms with van der Waals surface area (Å²) in [5.41, 5.74) is 3.06. The number of aliphatic hydroxyl groups is 1. The van der Waals surface area contributed by atoms with Crippen LogP contribution in [0.3, 0.4) is 0 Å². The van der Waals surface area contributed by atoms with Crippen molar-refractivity contribution in [1.29, 1.82) is 0 Å². The first-order chi connectivity index (χ1) is 11.0. The first-order valence-corrected chi connectivity index (χ1v) is 8.10. The fourth-order valence-corrected chi connectivity index (χ4v) is 2.64. The Morgan fingerprint density at radius 2 is 1.75 bits per heavy atom. The first-order valence-electron chi connectivity index (χ1n) is 8.10. The minimum Gasteiger partial charge on any atom is -0.386 e. The Bertz CT molecular complexity index is 753. The van der Waals surface area contributed by atoms with Crippen molar-refractivity contribution in [2.24, 2.45) is 0 Å². The van der Waals surface area contributed by atoms with Crippen LogP contribution in [-0.4, -0.2) is 16.0 Å². The molecule has 1 aromatic heterocycles. The number of pyridine rings is 1. The minimum absolute atomic E-state index is 0.00387. The van der Waals surface area contributed by atoms with Crippen molar-refractivity contribution in [3.63, 3.8) is 0 Å². The van der Waals surface area contributed by atoms with Crippen molar-refractivity contribution in [3.05, 3.63) is 58.9 Å². The molecule has 128 valence electrons. The summed E-state index contributed by atoms with van der Waals surface area (Å²) in [5.74, 6) is -0.287. The number of carbonyl (C=O) groups is 1. The average Bonchev–Trinajstić information content (AvgIpc) is 2.47. The van der Waals surface area contributed by atoms with Gasteiger partial charge in [0.05, 0.1) is 5.60 Å². The van der Waals surface area contributed by atoms with Gasteiger partial charge in [-0.1, -0.05) is 26.8 Å². The van der Waals surface area contributed by atoms with Gasteiger partial charge in [-0.3, -0.25) is 9.78 Å². The van der Waals surface area contributed by atoms with E-state index in [2.05, 4.69) is 38.0 Å². The smallest absolute Gasteiger partial charge is 0.274 e. The number of amides is 1. The number of nitrogens with zero attached hydrogens (tertiary/aromatic N) is 1. The highest BCUT2D eigenvalue weighted by atomic mass is 16.3. The summed E-state index contributed by atoms with van der Waals surface area (Å²) >= 11 is 0. The number of anilines is 1. The highest BCUT2D eigenvalue weighted by molar-refractivity contribution is 6.03. The van der Waals surface area contributed by atoms with Crippen molar-refractivity contribution in [2.75, 3.05) is 5.32 Å². The maximum absolute atomic E-state index is 12.5. The minimum atomic E-state index is -1.01. The molecule has 0 saturated carbocycles. The molecule has 2 N–H and O–H groups in total. The molecule has 0 spiro atoms. The SMILES string of the molecule is Cc1ccc(NC(=O)c2cc(C(C)(C)O)ccn2)cc1C(C)(C)C. The molecule has 4 nitrogen and oxygen atoms in total. The quantitative estimate of drug-likeness (QED) is 0.890. The average molecular weight is 326 g/mol. The monoisotopic (exact) mass is 326 g/mol. The number of benzene rings is 1. The fourth-order valence-electron chi connectivity index (χ4n) is 2.64. The lowest BCUT2D eigenvalue weighted by atomic mass is 9.84. The Kier molecular flexibility index (Phi) is 4.81. The van der Waals surface area contributed by atoms with E-state index in [9.17, 15) is 9.90 Å². The third kappa shape index (κ3) is 4.20. The lowest BCUT2D eigenvalue weighted by Gasteiger charge is -2.22. The number of hydrogen-bond donors (Lipinski definition) is 2. The molecule has 2 rings (SSSR count). The van der Waals surface area contributed by atoms with E-state index in [1.165, 1.54) is 17.3 Å². The van der Waals surface area contributed by atoms with Gasteiger partial charge in [0.2, 0.25) is 0 Å². The number of carbonyl (C=O) groups excluding carboxylic acids is 1. The number of rotatable bonds is 3. The predicted molar refractivity (Wildman–Crippen MR) is 97.3 cm³/mol. The largest absolute Gasteiger partial charge is 0.386 e. The van der Waals surface area contributed by atoms with Gasteiger partial charge >= 0.3 is 0 Å². The summed E-state index contributed by atoms with van der Waals surface area (Å²) in [6.07, 6.45) is 1.54. The van der Waals surface area contributed by atoms with Crippen LogP contribution in [0.4, 0.5) is 5.69 Å². The molecule has 1 heterocycles. The van der Waals surface area contributed by atoms with E-state index in [4.69, 9.17) is 0 Å². The molecule has 4 heteroatoms. The number of aryl methyl sites for hydroxylation is 1. The van der Waals surface area contributed by atoms with E-state index in [0.717, 1.165) is 5.69 Å². The Labute approximate surface area is 143 Å². The lowest BCUT2D eigenvalue weighted by molar-refractivity contribution is 0.0783. The number of nitrogens with one attached hydrogen (secondary N) is 1. The van der Waals surface area contributed by atoms with Crippen LogP contribution in [0.15, 0.2) is 36.5 Å². The second kappa shape index (κ2) is 6.36. The van der Waals surface area contributed by atoms with Gasteiger partial charge in [-0.2, -0.15) is 0 Å². The van der Waals surface area contributed by atoms with Crippen LogP contribution in [0.5, 0.6) is 0 Å². The zero-order valence-corrected chi connectivity index (χ0v) is 15.3. The molecule has 0 aliphatic heterocycles. The zero-order valence-electron chi connectivity index (χ0n) is 15.3. The van der Waals surface area contributed by atoms with Crippen molar-refractivity contribution < 1.29 is 9.90 Å². The Hall–Kier alpha value is -2.20. The van der Waals surface area contributed by atoms with Crippen LogP contribution in [0, 0.1) is 6.92 Å². The number of aromatic nitrogens is 1. The van der Waals surface area contributed by atoms with Crippen molar-refractivity contribution in [1.82, 2.24) is 4.98 Å². The maximum Gasteiger partial charge on any atom is 0.274 e. The number of hydrogen-bond acceptors (Lipinski definition) is 3. The summed E-state index contributed by atoms with van der Waals surface area (Å²) in [6, 6.07) is 9.24. The van der Waals surface area contributed by atoms with Gasteiger partial charge in [-0.25, -0.2) is 0 Å². The molecule has 1 aromatic carbocycles. The van der Waals surface area contributed by atoms with E-state index < -0.39 is 5.60 Å². The molecule has 0 radical (unpaired) electrons. The van der Waals surface area contributed by atoms with Gasteiger partial charge in [0, 0.05) is 11.9 Å². The molecule has 0 saturated heterocycles. The summed E-state index contributed by atoms with van der Waals surface area (Å²) in [7, 11) is 0. The Morgan fingerprint density at radius 1 is 1.08 bits per heavy atom. The second-order valence-corrected chi connectivity index (χ2v) is 7.72. The molecule has 0 unspecified atom stereocenters. The van der Waals surface area contributed by atoms with E-state index in [-0.39, 0.29) is 17.0 Å². The summed E-state index contributed by atoms with van der Waals surface area (Å²) < 4.78 is 0. The van der Waals surface area contributed by atoms with E-state index in [1.807, 2.05) is 18.2 Å². The van der Waals surface area contributed by atoms with Gasteiger partial charge in [-0.15, -0.1) is 0 Å². The van der Waals surface area contributed by atoms with E-state index in [0.29, 0.717) is 5.56 Å². The standard InChI is InChI=1S/C20H26N2O2/c1-13-7-8-15(12-16(13)19(2,3)4)22-18(23)17-11-14(9-10-21-17)20(5,6)24/h7-12,24H,1-6H3,(H,22,23). The topological polar surface area (TPSA) is 62.2 Å². The third-order valence-electron chi connectivity index (χ3n) is 4.00. The predicted octanol–water partition coefficient (Wildman–Crippen LogP) is 4.17. The maximum atomic E-state index is 12.5. The molecule has 0 aliphatic carbocycles. The van der Waals surface area contributed by atoms with Crippen LogP contribution in [0.1, 0.15) is 61.8 Å². The van der Waals surface area contributed by atoms with Crippen molar-refractivity contribution in [3.8, 4) is 0 Å². The molecule has 0 aliphatic rings. The highest BCUT2D eigenvalue weighted by Crippen LogP contribution is 2.28. The van der Waals surface area contributed by atoms with Crippen molar-refractivity contribution in [2.45, 2.75) is 52.6 Å². The summed E-state index contributed by atoms with van der Waals surface area (Å²) in [6.45, 7) is 11.9. The van der Waals surface area contributed by atoms with Crippen LogP contribution in [-0.2, 0) is 11.0 Å². The summed E-state index contributed by atoms with van der Waals surface area (Å²) in [5, 5.41) is 13.0. The molecule has 1 amide bonds. The van der Waals surface area contributed by atoms with Crippen LogP contribution >= 0.6 is 0 Å². The molecule has 2 aromatic rings. The lowest BCUT2D eigenvalue weighted by Crippen LogP contribution is -2.19. The van der Waals surface area contributed by atoms with Gasteiger partial charge in [0.25, 0.3) is 5.91 Å². The van der Waals surface area contributed by atoms with Gasteiger partial charge in [0.15, 0.2) is 0 Å². The molecule has 0 fully saturated rings. The van der Waals surface area contributed by atoms with E-state index >= 15 is 0 Å². The van der Waals surface area contributed by atoms with Crippen LogP contribution in [0.2, 0.25) is 0 Å². The zero-order chi connectivity index (χ0) is 18.1. The molecular weight excluding hydrogens is 300 g/mol. The fraction of sp³-hybridized carbons (Fsp3) is 0.400. The third-order valence-corrected chi connectivity index (χ3v) is 4.00. The Morgan fingerprint density at radius 3 is 2.33 bits per heavy atom. The van der Waals surface area contributed by atoms with Crippen LogP contribution < -0.4 is 5.32 Å². The molecular formula is C20H26N2O2. The summed E-state index contributed by atoms with van der Waals surface area (Å²) in [4.78, 5) is 16.6. The van der Waals surface area contributed by atoms with Crippen molar-refractivity contribution >= 4 is 11.6 Å². The van der Waals surface area contributed by atoms with Gasteiger partial charge < -0.3 is 10.4 Å².